The Morgan fingerprint density at radius 3 is 1.47 bits per heavy atom. The number of rotatable bonds is 5. The molecule has 5 rings (SSSR count). The fourth-order valence-corrected chi connectivity index (χ4v) is 27.1. The summed E-state index contributed by atoms with van der Waals surface area (Å²) in [5, 5.41) is 2.86. The van der Waals surface area contributed by atoms with Crippen molar-refractivity contribution in [2.45, 2.75) is 24.4 Å². The first-order chi connectivity index (χ1) is 16.4. The molecular formula is C30H30Cl2NOSiZr. The Hall–Kier alpha value is -1.97. The van der Waals surface area contributed by atoms with Crippen molar-refractivity contribution in [3.8, 4) is 11.1 Å². The predicted molar refractivity (Wildman–Crippen MR) is 141 cm³/mol. The number of hydrogen-bond donors (Lipinski definition) is 1. The third-order valence-electron chi connectivity index (χ3n) is 6.66. The molecule has 183 valence electrons. The van der Waals surface area contributed by atoms with Crippen molar-refractivity contribution in [3.63, 3.8) is 0 Å². The minimum Gasteiger partial charge on any atom is -1.00 e. The molecule has 0 atom stereocenters. The molecule has 1 amide bonds. The van der Waals surface area contributed by atoms with Gasteiger partial charge in [0.25, 0.3) is 0 Å². The van der Waals surface area contributed by atoms with Gasteiger partial charge in [0.1, 0.15) is 0 Å². The van der Waals surface area contributed by atoms with Gasteiger partial charge in [-0.25, -0.2) is 0 Å². The minimum absolute atomic E-state index is 0. The van der Waals surface area contributed by atoms with Gasteiger partial charge in [0, 0.05) is 0 Å². The van der Waals surface area contributed by atoms with Crippen molar-refractivity contribution >= 4 is 22.2 Å². The maximum Gasteiger partial charge on any atom is -1.00 e. The van der Waals surface area contributed by atoms with Crippen LogP contribution < -0.4 is 38.4 Å². The summed E-state index contributed by atoms with van der Waals surface area (Å²) in [5.74, 6) is -1.51. The number of hydrogen-bond acceptors (Lipinski definition) is 1. The Kier molecular flexibility index (Phi) is 9.57. The van der Waals surface area contributed by atoms with Crippen LogP contribution in [0, 0.1) is 5.41 Å². The topological polar surface area (TPSA) is 29.1 Å². The quantitative estimate of drug-likeness (QED) is 0.289. The molecular weight excluding hydrogens is 581 g/mol. The molecule has 0 fully saturated rings. The monoisotopic (exact) mass is 608 g/mol. The van der Waals surface area contributed by atoms with Crippen molar-refractivity contribution < 1.29 is 50.8 Å². The van der Waals surface area contributed by atoms with Crippen LogP contribution in [0.5, 0.6) is 0 Å². The van der Waals surface area contributed by atoms with Crippen molar-refractivity contribution in [1.82, 2.24) is 3.26 Å². The van der Waals surface area contributed by atoms with Gasteiger partial charge in [-0.15, -0.1) is 0 Å². The minimum atomic E-state index is -2.75. The zero-order chi connectivity index (χ0) is 23.7. The number of fused-ring (bicyclic) bond motifs is 3. The van der Waals surface area contributed by atoms with Gasteiger partial charge in [0.2, 0.25) is 0 Å². The van der Waals surface area contributed by atoms with E-state index in [0.29, 0.717) is 3.63 Å². The van der Waals surface area contributed by atoms with Gasteiger partial charge >= 0.3 is 213 Å². The molecule has 0 aliphatic heterocycles. The Morgan fingerprint density at radius 2 is 1.06 bits per heavy atom. The van der Waals surface area contributed by atoms with Gasteiger partial charge in [0.15, 0.2) is 0 Å². The summed E-state index contributed by atoms with van der Waals surface area (Å²) in [7, 11) is 0. The number of carbonyl (C=O) groups excluding carboxylic acids is 1. The van der Waals surface area contributed by atoms with E-state index in [0.717, 1.165) is 0 Å². The molecule has 6 heteroatoms. The zero-order valence-corrected chi connectivity index (χ0v) is 25.8. The Bertz CT molecular complexity index is 1220. The molecule has 2 nitrogen and oxygen atoms in total. The average molecular weight is 611 g/mol. The molecule has 0 unspecified atom stereocenters. The van der Waals surface area contributed by atoms with E-state index < -0.39 is 32.5 Å². The summed E-state index contributed by atoms with van der Waals surface area (Å²) in [5.41, 5.74) is 5.05. The first-order valence-corrected chi connectivity index (χ1v) is 20.5. The molecule has 1 aliphatic carbocycles. The number of halogens is 2. The van der Waals surface area contributed by atoms with Crippen LogP contribution in [-0.4, -0.2) is 11.8 Å². The molecule has 0 spiro atoms. The van der Waals surface area contributed by atoms with Gasteiger partial charge in [-0.3, -0.25) is 0 Å². The second kappa shape index (κ2) is 12.0. The first kappa shape index (κ1) is 28.6. The summed E-state index contributed by atoms with van der Waals surface area (Å²) in [6.45, 7) is 6.09. The van der Waals surface area contributed by atoms with Gasteiger partial charge in [0.05, 0.1) is 0 Å². The third-order valence-corrected chi connectivity index (χ3v) is 26.0. The summed E-state index contributed by atoms with van der Waals surface area (Å²) in [6, 6.07) is 39.7. The summed E-state index contributed by atoms with van der Waals surface area (Å²) >= 11 is -2.75. The van der Waals surface area contributed by atoms with E-state index in [4.69, 9.17) is 0 Å². The van der Waals surface area contributed by atoms with Crippen molar-refractivity contribution in [2.75, 3.05) is 0 Å². The van der Waals surface area contributed by atoms with Crippen LogP contribution in [0.15, 0.2) is 109 Å². The summed E-state index contributed by atoms with van der Waals surface area (Å²) < 4.78 is 4.10. The van der Waals surface area contributed by atoms with Crippen LogP contribution in [0.25, 0.3) is 11.1 Å². The summed E-state index contributed by atoms with van der Waals surface area (Å²) in [4.78, 5) is 13.6. The predicted octanol–water partition coefficient (Wildman–Crippen LogP) is -1.00. The van der Waals surface area contributed by atoms with E-state index in [9.17, 15) is 4.79 Å². The van der Waals surface area contributed by atoms with Crippen LogP contribution in [-0.2, 0) is 26.0 Å². The maximum absolute atomic E-state index is 13.6. The van der Waals surface area contributed by atoms with E-state index in [1.165, 1.54) is 32.6 Å². The molecule has 1 aliphatic rings. The summed E-state index contributed by atoms with van der Waals surface area (Å²) in [6.07, 6.45) is 0. The second-order valence-corrected chi connectivity index (χ2v) is 24.4. The Morgan fingerprint density at radius 1 is 0.667 bits per heavy atom. The molecule has 4 aromatic carbocycles. The zero-order valence-electron chi connectivity index (χ0n) is 20.7. The fourth-order valence-electron chi connectivity index (χ4n) is 4.96. The normalized spacial score (nSPS) is 12.1. The van der Waals surface area contributed by atoms with Crippen molar-refractivity contribution in [1.29, 1.82) is 0 Å². The maximum atomic E-state index is 13.6. The smallest absolute Gasteiger partial charge is 1.00 e. The SMILES string of the molecule is CC(C)(C)C(=O)[NH][Zr+2]([CH]1c2ccccc2-c2ccccc21)[SiH](c1ccccc1)c1ccccc1.[Cl-].[Cl-]. The number of nitrogens with one attached hydrogen (secondary N) is 1. The van der Waals surface area contributed by atoms with Crippen molar-refractivity contribution in [2.24, 2.45) is 5.41 Å². The van der Waals surface area contributed by atoms with E-state index in [2.05, 4.69) is 112 Å². The van der Waals surface area contributed by atoms with Gasteiger partial charge in [-0.1, -0.05) is 0 Å². The van der Waals surface area contributed by atoms with E-state index in [-0.39, 0.29) is 30.7 Å². The van der Waals surface area contributed by atoms with Crippen LogP contribution in [0.2, 0.25) is 0 Å². The molecule has 4 aromatic rings. The molecule has 1 N–H and O–H groups in total. The Labute approximate surface area is 236 Å². The van der Waals surface area contributed by atoms with Gasteiger partial charge in [-0.05, 0) is 0 Å². The van der Waals surface area contributed by atoms with Gasteiger partial charge < -0.3 is 24.8 Å². The molecule has 0 heterocycles. The molecule has 0 radical (unpaired) electrons. The molecule has 0 bridgehead atoms. The number of benzene rings is 4. The number of carbonyl (C=O) groups is 1. The van der Waals surface area contributed by atoms with Crippen LogP contribution in [0.3, 0.4) is 0 Å². The first-order valence-electron chi connectivity index (χ1n) is 11.9. The van der Waals surface area contributed by atoms with E-state index in [1.54, 1.807) is 0 Å². The molecule has 0 saturated carbocycles. The van der Waals surface area contributed by atoms with Crippen LogP contribution >= 0.6 is 0 Å². The average Bonchev–Trinajstić information content (AvgIpc) is 3.19. The van der Waals surface area contributed by atoms with E-state index in [1.807, 2.05) is 20.8 Å². The number of amides is 1. The third kappa shape index (κ3) is 5.63. The second-order valence-electron chi connectivity index (χ2n) is 10.0. The molecule has 0 aromatic heterocycles. The van der Waals surface area contributed by atoms with Crippen molar-refractivity contribution in [3.05, 3.63) is 120 Å². The largest absolute Gasteiger partial charge is 1.00 e. The standard InChI is InChI=1S/C13H9.C12H11Si.C5H11NO.2ClH.Zr/c1-3-7-12-10(5-1)9-11-6-2-4-8-13(11)12;1-3-7-11(8-4-1)13-12-9-5-2-6-10-12;1-5(2,3)4(6)7;;;/h1-9H;1-10,13H;1-3H3,(H2,6,7);2*1H;/q;;;;;+3/p-3. The molecule has 0 saturated heterocycles. The Balaban J connectivity index is 0.00000180. The van der Waals surface area contributed by atoms with E-state index >= 15 is 0 Å². The van der Waals surface area contributed by atoms with Crippen LogP contribution in [0.1, 0.15) is 35.5 Å². The fraction of sp³-hybridized carbons (Fsp3) is 0.167. The van der Waals surface area contributed by atoms with Gasteiger partial charge in [-0.2, -0.15) is 0 Å². The van der Waals surface area contributed by atoms with Crippen LogP contribution in [0.4, 0.5) is 0 Å². The molecule has 36 heavy (non-hydrogen) atoms.